The van der Waals surface area contributed by atoms with E-state index in [4.69, 9.17) is 21.3 Å². The number of benzene rings is 2. The minimum atomic E-state index is -0.341. The van der Waals surface area contributed by atoms with Crippen molar-refractivity contribution < 1.29 is 9.53 Å². The summed E-state index contributed by atoms with van der Waals surface area (Å²) in [5, 5.41) is 2.83. The summed E-state index contributed by atoms with van der Waals surface area (Å²) >= 11 is 5.63. The van der Waals surface area contributed by atoms with Gasteiger partial charge in [-0.2, -0.15) is 0 Å². The molecule has 0 aliphatic carbocycles. The molecule has 0 aliphatic heterocycles. The summed E-state index contributed by atoms with van der Waals surface area (Å²) in [7, 11) is 0. The van der Waals surface area contributed by atoms with Gasteiger partial charge in [0.2, 0.25) is 0 Å². The number of nitrogens with zero attached hydrogens (tertiary/aromatic N) is 2. The van der Waals surface area contributed by atoms with E-state index in [2.05, 4.69) is 65.3 Å². The van der Waals surface area contributed by atoms with Gasteiger partial charge in [0, 0.05) is 36.5 Å². The van der Waals surface area contributed by atoms with E-state index in [-0.39, 0.29) is 6.09 Å². The number of hydrogen-bond acceptors (Lipinski definition) is 3. The first-order chi connectivity index (χ1) is 16.2. The van der Waals surface area contributed by atoms with Crippen molar-refractivity contribution in [2.45, 2.75) is 52.0 Å². The van der Waals surface area contributed by atoms with Crippen LogP contribution in [0.25, 0.3) is 22.5 Å². The number of halogens is 1. The van der Waals surface area contributed by atoms with Crippen LogP contribution in [-0.4, -0.2) is 34.7 Å². The minimum Gasteiger partial charge on any atom is -0.450 e. The fraction of sp³-hybridized carbons (Fsp3) is 0.407. The van der Waals surface area contributed by atoms with Crippen LogP contribution in [0.4, 0.5) is 4.79 Å². The van der Waals surface area contributed by atoms with Gasteiger partial charge in [-0.15, -0.1) is 11.6 Å². The molecule has 0 saturated carbocycles. The summed E-state index contributed by atoms with van der Waals surface area (Å²) < 4.78 is 7.51. The van der Waals surface area contributed by atoms with Crippen LogP contribution in [0.2, 0.25) is 0 Å². The summed E-state index contributed by atoms with van der Waals surface area (Å²) in [4.78, 5) is 16.7. The fourth-order valence-electron chi connectivity index (χ4n) is 3.87. The third kappa shape index (κ3) is 7.36. The van der Waals surface area contributed by atoms with Gasteiger partial charge >= 0.3 is 6.09 Å². The second-order valence-electron chi connectivity index (χ2n) is 7.98. The highest BCUT2D eigenvalue weighted by Crippen LogP contribution is 2.33. The van der Waals surface area contributed by atoms with E-state index in [9.17, 15) is 4.79 Å². The van der Waals surface area contributed by atoms with Gasteiger partial charge in [-0.25, -0.2) is 9.78 Å². The van der Waals surface area contributed by atoms with E-state index < -0.39 is 0 Å². The minimum absolute atomic E-state index is 0.341. The molecule has 3 aromatic rings. The average Bonchev–Trinajstić information content (AvgIpc) is 3.23. The fourth-order valence-corrected chi connectivity index (χ4v) is 4.06. The first-order valence-electron chi connectivity index (χ1n) is 11.9. The molecule has 1 aromatic heterocycles. The lowest BCUT2D eigenvalue weighted by molar-refractivity contribution is 0.144. The Bertz CT molecular complexity index is 974. The van der Waals surface area contributed by atoms with Crippen LogP contribution in [0.5, 0.6) is 0 Å². The van der Waals surface area contributed by atoms with E-state index in [1.54, 1.807) is 0 Å². The second kappa shape index (κ2) is 13.7. The van der Waals surface area contributed by atoms with E-state index >= 15 is 0 Å². The number of carbonyl (C=O) groups excluding carboxylic acids is 1. The number of amides is 1. The SMILES string of the molecule is CCc1nc(-c2ccccc2)c(-c2ccccc2)n1CCCCCNC(=O)OCCCCCl. The molecular formula is C27H34ClN3O2. The summed E-state index contributed by atoms with van der Waals surface area (Å²) in [5.41, 5.74) is 4.54. The standard InChI is InChI=1S/C27H34ClN3O2/c1-2-24-30-25(22-14-6-3-7-15-22)26(23-16-8-4-9-17-23)31(24)20-12-5-11-19-29-27(32)33-21-13-10-18-28/h3-4,6-9,14-17H,2,5,10-13,18-21H2,1H3,(H,29,32). The van der Waals surface area contributed by atoms with Crippen LogP contribution >= 0.6 is 11.6 Å². The Hall–Kier alpha value is -2.79. The van der Waals surface area contributed by atoms with Crippen LogP contribution < -0.4 is 5.32 Å². The van der Waals surface area contributed by atoms with Gasteiger partial charge in [-0.1, -0.05) is 67.6 Å². The maximum atomic E-state index is 11.7. The van der Waals surface area contributed by atoms with Crippen molar-refractivity contribution in [3.05, 3.63) is 66.5 Å². The van der Waals surface area contributed by atoms with Crippen molar-refractivity contribution in [2.75, 3.05) is 19.0 Å². The number of aryl methyl sites for hydroxylation is 1. The second-order valence-corrected chi connectivity index (χ2v) is 8.36. The lowest BCUT2D eigenvalue weighted by atomic mass is 10.0. The highest BCUT2D eigenvalue weighted by atomic mass is 35.5. The molecular weight excluding hydrogens is 434 g/mol. The molecule has 2 aromatic carbocycles. The van der Waals surface area contributed by atoms with Gasteiger partial charge in [0.05, 0.1) is 18.0 Å². The van der Waals surface area contributed by atoms with Gasteiger partial charge in [-0.05, 0) is 32.1 Å². The number of unbranched alkanes of at least 4 members (excludes halogenated alkanes) is 3. The molecule has 6 heteroatoms. The number of aromatic nitrogens is 2. The molecule has 0 aliphatic rings. The van der Waals surface area contributed by atoms with Crippen LogP contribution in [-0.2, 0) is 17.7 Å². The Balaban J connectivity index is 1.61. The first-order valence-corrected chi connectivity index (χ1v) is 12.4. The normalized spacial score (nSPS) is 10.8. The number of imidazole rings is 1. The zero-order chi connectivity index (χ0) is 23.3. The lowest BCUT2D eigenvalue weighted by Gasteiger charge is -2.13. The molecule has 0 spiro atoms. The predicted octanol–water partition coefficient (Wildman–Crippen LogP) is 6.70. The summed E-state index contributed by atoms with van der Waals surface area (Å²) in [6, 6.07) is 20.9. The number of nitrogens with one attached hydrogen (secondary N) is 1. The molecule has 33 heavy (non-hydrogen) atoms. The van der Waals surface area contributed by atoms with Gasteiger partial charge < -0.3 is 14.6 Å². The zero-order valence-electron chi connectivity index (χ0n) is 19.4. The van der Waals surface area contributed by atoms with Gasteiger partial charge in [0.25, 0.3) is 0 Å². The van der Waals surface area contributed by atoms with Gasteiger partial charge in [0.15, 0.2) is 0 Å². The Morgan fingerprint density at radius 1 is 0.939 bits per heavy atom. The van der Waals surface area contributed by atoms with E-state index in [0.717, 1.165) is 62.2 Å². The molecule has 0 atom stereocenters. The number of hydrogen-bond donors (Lipinski definition) is 1. The number of ether oxygens (including phenoxy) is 1. The molecule has 0 unspecified atom stereocenters. The first kappa shape index (κ1) is 24.8. The van der Waals surface area contributed by atoms with E-state index in [1.807, 2.05) is 12.1 Å². The molecule has 0 radical (unpaired) electrons. The third-order valence-corrected chi connectivity index (χ3v) is 5.81. The predicted molar refractivity (Wildman–Crippen MR) is 136 cm³/mol. The molecule has 5 nitrogen and oxygen atoms in total. The largest absolute Gasteiger partial charge is 0.450 e. The smallest absolute Gasteiger partial charge is 0.407 e. The third-order valence-electron chi connectivity index (χ3n) is 5.55. The van der Waals surface area contributed by atoms with Crippen molar-refractivity contribution in [2.24, 2.45) is 0 Å². The van der Waals surface area contributed by atoms with E-state index in [1.165, 1.54) is 11.3 Å². The van der Waals surface area contributed by atoms with Crippen LogP contribution in [0, 0.1) is 0 Å². The lowest BCUT2D eigenvalue weighted by Crippen LogP contribution is -2.25. The number of carbonyl (C=O) groups is 1. The van der Waals surface area contributed by atoms with Crippen LogP contribution in [0.15, 0.2) is 60.7 Å². The highest BCUT2D eigenvalue weighted by Gasteiger charge is 2.18. The topological polar surface area (TPSA) is 56.2 Å². The quantitative estimate of drug-likeness (QED) is 0.225. The molecule has 1 heterocycles. The summed E-state index contributed by atoms with van der Waals surface area (Å²) in [6.07, 6.45) is 5.15. The van der Waals surface area contributed by atoms with Crippen LogP contribution in [0.1, 0.15) is 44.9 Å². The van der Waals surface area contributed by atoms with Crippen molar-refractivity contribution in [1.82, 2.24) is 14.9 Å². The summed E-state index contributed by atoms with van der Waals surface area (Å²) in [5.74, 6) is 1.70. The Morgan fingerprint density at radius 2 is 1.64 bits per heavy atom. The number of alkyl carbamates (subject to hydrolysis) is 1. The Kier molecular flexibility index (Phi) is 10.3. The van der Waals surface area contributed by atoms with Crippen molar-refractivity contribution in [3.8, 4) is 22.5 Å². The van der Waals surface area contributed by atoms with Crippen LogP contribution in [0.3, 0.4) is 0 Å². The van der Waals surface area contributed by atoms with Crippen molar-refractivity contribution in [3.63, 3.8) is 0 Å². The maximum Gasteiger partial charge on any atom is 0.407 e. The molecule has 1 amide bonds. The monoisotopic (exact) mass is 467 g/mol. The molecule has 3 rings (SSSR count). The van der Waals surface area contributed by atoms with Gasteiger partial charge in [-0.3, -0.25) is 0 Å². The molecule has 0 fully saturated rings. The molecule has 0 bridgehead atoms. The van der Waals surface area contributed by atoms with Crippen molar-refractivity contribution in [1.29, 1.82) is 0 Å². The van der Waals surface area contributed by atoms with E-state index in [0.29, 0.717) is 19.0 Å². The summed E-state index contributed by atoms with van der Waals surface area (Å²) in [6.45, 7) is 4.10. The Morgan fingerprint density at radius 3 is 2.30 bits per heavy atom. The molecule has 0 saturated heterocycles. The molecule has 176 valence electrons. The Labute approximate surface area is 202 Å². The number of rotatable bonds is 13. The highest BCUT2D eigenvalue weighted by molar-refractivity contribution is 6.17. The number of alkyl halides is 1. The van der Waals surface area contributed by atoms with Crippen molar-refractivity contribution >= 4 is 17.7 Å². The average molecular weight is 468 g/mol. The van der Waals surface area contributed by atoms with Gasteiger partial charge in [0.1, 0.15) is 5.82 Å². The zero-order valence-corrected chi connectivity index (χ0v) is 20.2. The maximum absolute atomic E-state index is 11.7. The molecule has 1 N–H and O–H groups in total.